The van der Waals surface area contributed by atoms with Crippen molar-refractivity contribution in [3.8, 4) is 0 Å². The summed E-state index contributed by atoms with van der Waals surface area (Å²) in [5.74, 6) is -0.607. The highest BCUT2D eigenvalue weighted by molar-refractivity contribution is 6.30. The summed E-state index contributed by atoms with van der Waals surface area (Å²) in [5.41, 5.74) is 0.643. The average Bonchev–Trinajstić information content (AvgIpc) is 2.93. The zero-order valence-corrected chi connectivity index (χ0v) is 18.7. The number of amides is 2. The summed E-state index contributed by atoms with van der Waals surface area (Å²) in [7, 11) is 0. The first-order valence-corrected chi connectivity index (χ1v) is 11.3. The van der Waals surface area contributed by atoms with E-state index in [1.54, 1.807) is 17.0 Å². The van der Waals surface area contributed by atoms with Crippen molar-refractivity contribution in [2.45, 2.75) is 44.8 Å². The second-order valence-corrected chi connectivity index (χ2v) is 8.71. The minimum absolute atomic E-state index is 0.0130. The molecule has 0 saturated carbocycles. The lowest BCUT2D eigenvalue weighted by atomic mass is 10.0. The van der Waals surface area contributed by atoms with E-state index in [2.05, 4.69) is 11.8 Å². The highest BCUT2D eigenvalue weighted by Crippen LogP contribution is 2.18. The second kappa shape index (κ2) is 11.1. The maximum absolute atomic E-state index is 13.3. The van der Waals surface area contributed by atoms with Crippen molar-refractivity contribution >= 4 is 29.5 Å². The Bertz CT molecular complexity index is 819. The molecule has 2 fully saturated rings. The van der Waals surface area contributed by atoms with Gasteiger partial charge in [0.05, 0.1) is 11.1 Å². The van der Waals surface area contributed by atoms with Gasteiger partial charge in [-0.15, -0.1) is 0 Å². The molecule has 1 aromatic carbocycles. The predicted molar refractivity (Wildman–Crippen MR) is 119 cm³/mol. The van der Waals surface area contributed by atoms with Crippen LogP contribution in [-0.2, 0) is 9.59 Å². The van der Waals surface area contributed by atoms with Crippen LogP contribution in [0.3, 0.4) is 0 Å². The van der Waals surface area contributed by atoms with E-state index in [-0.39, 0.29) is 29.0 Å². The van der Waals surface area contributed by atoms with Gasteiger partial charge >= 0.3 is 0 Å². The molecule has 0 spiro atoms. The molecular formula is C23H31ClFN3O3. The number of benzene rings is 1. The third-order valence-corrected chi connectivity index (χ3v) is 6.50. The monoisotopic (exact) mass is 451 g/mol. The molecule has 8 heteroatoms. The van der Waals surface area contributed by atoms with Crippen LogP contribution in [0.25, 0.3) is 6.08 Å². The molecule has 2 aliphatic rings. The van der Waals surface area contributed by atoms with Gasteiger partial charge in [-0.05, 0) is 56.5 Å². The molecule has 6 nitrogen and oxygen atoms in total. The highest BCUT2D eigenvalue weighted by Gasteiger charge is 2.27. The van der Waals surface area contributed by atoms with Gasteiger partial charge in [-0.2, -0.15) is 0 Å². The zero-order chi connectivity index (χ0) is 22.4. The van der Waals surface area contributed by atoms with Gasteiger partial charge in [0.1, 0.15) is 5.82 Å². The fourth-order valence-corrected chi connectivity index (χ4v) is 4.37. The van der Waals surface area contributed by atoms with Gasteiger partial charge in [0.15, 0.2) is 0 Å². The number of aliphatic hydroxyl groups excluding tert-OH is 1. The molecule has 2 atom stereocenters. The van der Waals surface area contributed by atoms with E-state index in [1.165, 1.54) is 18.2 Å². The van der Waals surface area contributed by atoms with E-state index in [1.807, 2.05) is 4.90 Å². The lowest BCUT2D eigenvalue weighted by molar-refractivity contribution is -0.130. The summed E-state index contributed by atoms with van der Waals surface area (Å²) in [5, 5.41) is 10.0. The van der Waals surface area contributed by atoms with Crippen LogP contribution in [0.15, 0.2) is 24.3 Å². The van der Waals surface area contributed by atoms with Crippen molar-refractivity contribution in [3.63, 3.8) is 0 Å². The number of carbonyl (C=O) groups is 2. The fraction of sp³-hybridized carbons (Fsp3) is 0.565. The van der Waals surface area contributed by atoms with Crippen LogP contribution in [0.2, 0.25) is 5.02 Å². The van der Waals surface area contributed by atoms with E-state index < -0.39 is 5.82 Å². The van der Waals surface area contributed by atoms with Crippen LogP contribution in [0.4, 0.5) is 4.39 Å². The summed E-state index contributed by atoms with van der Waals surface area (Å²) in [6.07, 6.45) is 5.78. The molecule has 2 amide bonds. The molecule has 0 radical (unpaired) electrons. The van der Waals surface area contributed by atoms with Crippen LogP contribution >= 0.6 is 11.6 Å². The molecule has 1 aromatic rings. The maximum Gasteiger partial charge on any atom is 0.246 e. The topological polar surface area (TPSA) is 64.1 Å². The molecule has 0 aromatic heterocycles. The summed E-state index contributed by atoms with van der Waals surface area (Å²) < 4.78 is 13.3. The molecule has 3 rings (SSSR count). The Hall–Kier alpha value is -1.96. The van der Waals surface area contributed by atoms with Crippen molar-refractivity contribution < 1.29 is 19.1 Å². The molecule has 2 saturated heterocycles. The number of aliphatic hydroxyl groups is 1. The maximum atomic E-state index is 13.3. The number of piperidine rings is 1. The number of rotatable bonds is 6. The number of halogens is 2. The Kier molecular flexibility index (Phi) is 8.46. The predicted octanol–water partition coefficient (Wildman–Crippen LogP) is 2.79. The number of nitrogens with zero attached hydrogens (tertiary/aromatic N) is 3. The van der Waals surface area contributed by atoms with Gasteiger partial charge in [0, 0.05) is 51.3 Å². The van der Waals surface area contributed by atoms with Crippen LogP contribution in [0.5, 0.6) is 0 Å². The van der Waals surface area contributed by atoms with Gasteiger partial charge in [0.25, 0.3) is 0 Å². The van der Waals surface area contributed by atoms with E-state index >= 15 is 0 Å². The Labute approximate surface area is 188 Å². The number of hydrogen-bond acceptors (Lipinski definition) is 4. The molecule has 0 aliphatic carbocycles. The molecular weight excluding hydrogens is 421 g/mol. The lowest BCUT2D eigenvalue weighted by Crippen LogP contribution is -2.47. The van der Waals surface area contributed by atoms with Gasteiger partial charge in [0.2, 0.25) is 11.8 Å². The normalized spacial score (nSPS) is 23.4. The van der Waals surface area contributed by atoms with E-state index in [4.69, 9.17) is 11.6 Å². The van der Waals surface area contributed by atoms with Crippen LogP contribution in [-0.4, -0.2) is 83.0 Å². The first-order valence-electron chi connectivity index (χ1n) is 11.0. The Balaban J connectivity index is 1.47. The molecule has 2 heterocycles. The van der Waals surface area contributed by atoms with Gasteiger partial charge in [-0.1, -0.05) is 17.7 Å². The average molecular weight is 452 g/mol. The Morgan fingerprint density at radius 1 is 1.26 bits per heavy atom. The Morgan fingerprint density at radius 3 is 2.84 bits per heavy atom. The Morgan fingerprint density at radius 2 is 2.06 bits per heavy atom. The number of carbonyl (C=O) groups excluding carboxylic acids is 2. The minimum atomic E-state index is -0.498. The molecule has 31 heavy (non-hydrogen) atoms. The van der Waals surface area contributed by atoms with E-state index in [9.17, 15) is 19.1 Å². The third-order valence-electron chi connectivity index (χ3n) is 6.21. The highest BCUT2D eigenvalue weighted by atomic mass is 35.5. The molecule has 2 unspecified atom stereocenters. The standard InChI is InChI=1S/C23H31ClFN3O3/c1-17-21(29)4-2-10-26(17)11-3-12-27-14-15-28(13-9-23(27)31)22(30)8-6-18-5-7-20(25)19(24)16-18/h5-8,16-17,21,29H,2-4,9-15H2,1H3/b8-6+. The molecule has 2 aliphatic heterocycles. The summed E-state index contributed by atoms with van der Waals surface area (Å²) in [6, 6.07) is 4.45. The van der Waals surface area contributed by atoms with Crippen molar-refractivity contribution in [1.82, 2.24) is 14.7 Å². The summed E-state index contributed by atoms with van der Waals surface area (Å²) in [4.78, 5) is 30.8. The van der Waals surface area contributed by atoms with E-state index in [0.717, 1.165) is 32.4 Å². The quantitative estimate of drug-likeness (QED) is 0.675. The molecule has 0 bridgehead atoms. The second-order valence-electron chi connectivity index (χ2n) is 8.30. The lowest BCUT2D eigenvalue weighted by Gasteiger charge is -2.37. The van der Waals surface area contributed by atoms with Gasteiger partial charge in [-0.25, -0.2) is 4.39 Å². The summed E-state index contributed by atoms with van der Waals surface area (Å²) >= 11 is 5.78. The molecule has 170 valence electrons. The minimum Gasteiger partial charge on any atom is -0.392 e. The van der Waals surface area contributed by atoms with E-state index in [0.29, 0.717) is 38.2 Å². The summed E-state index contributed by atoms with van der Waals surface area (Å²) in [6.45, 7) is 5.94. The van der Waals surface area contributed by atoms with Crippen LogP contribution in [0.1, 0.15) is 38.2 Å². The number of hydrogen-bond donors (Lipinski definition) is 1. The fourth-order valence-electron chi connectivity index (χ4n) is 4.18. The first-order chi connectivity index (χ1) is 14.8. The SMILES string of the molecule is CC1C(O)CCCN1CCCN1CCN(C(=O)/C=C/c2ccc(F)c(Cl)c2)CCC1=O. The zero-order valence-electron chi connectivity index (χ0n) is 18.0. The van der Waals surface area contributed by atoms with Crippen LogP contribution < -0.4 is 0 Å². The van der Waals surface area contributed by atoms with Crippen molar-refractivity contribution in [2.24, 2.45) is 0 Å². The van der Waals surface area contributed by atoms with Crippen molar-refractivity contribution in [1.29, 1.82) is 0 Å². The van der Waals surface area contributed by atoms with Crippen molar-refractivity contribution in [3.05, 3.63) is 40.7 Å². The smallest absolute Gasteiger partial charge is 0.246 e. The first kappa shape index (κ1) is 23.7. The largest absolute Gasteiger partial charge is 0.392 e. The van der Waals surface area contributed by atoms with Gasteiger partial charge < -0.3 is 14.9 Å². The van der Waals surface area contributed by atoms with Crippen molar-refractivity contribution in [2.75, 3.05) is 39.3 Å². The van der Waals surface area contributed by atoms with Gasteiger partial charge in [-0.3, -0.25) is 14.5 Å². The van der Waals surface area contributed by atoms with Crippen LogP contribution in [0, 0.1) is 5.82 Å². The third kappa shape index (κ3) is 6.51. The number of likely N-dealkylation sites (tertiary alicyclic amines) is 1. The molecule has 1 N–H and O–H groups in total.